The molecule has 0 aliphatic carbocycles. The van der Waals surface area contributed by atoms with Gasteiger partial charge in [0.25, 0.3) is 5.91 Å². The van der Waals surface area contributed by atoms with Crippen LogP contribution in [0.2, 0.25) is 0 Å². The molecule has 0 radical (unpaired) electrons. The van der Waals surface area contributed by atoms with Crippen LogP contribution in [-0.4, -0.2) is 78.8 Å². The molecule has 7 heteroatoms. The van der Waals surface area contributed by atoms with E-state index < -0.39 is 0 Å². The van der Waals surface area contributed by atoms with Crippen LogP contribution in [0, 0.1) is 0 Å². The van der Waals surface area contributed by atoms with Gasteiger partial charge in [-0.25, -0.2) is 0 Å². The third kappa shape index (κ3) is 2.99. The molecule has 24 heavy (non-hydrogen) atoms. The Balaban J connectivity index is 1.61. The van der Waals surface area contributed by atoms with Gasteiger partial charge in [-0.3, -0.25) is 24.2 Å². The highest BCUT2D eigenvalue weighted by molar-refractivity contribution is 6.05. The number of methoxy groups -OCH3 is 1. The zero-order valence-corrected chi connectivity index (χ0v) is 13.9. The second-order valence-corrected chi connectivity index (χ2v) is 6.07. The minimum absolute atomic E-state index is 0.0421. The fourth-order valence-corrected chi connectivity index (χ4v) is 3.20. The summed E-state index contributed by atoms with van der Waals surface area (Å²) in [5, 5.41) is 0. The second-order valence-electron chi connectivity index (χ2n) is 6.07. The Kier molecular flexibility index (Phi) is 4.53. The standard InChI is InChI=1S/C17H21N3O4/c1-18-15(21)11-14(17(18)23)19-6-8-20(9-7-19)16(22)12-4-3-5-13(10-12)24-2/h3-5,10,14H,6-9,11H2,1-2H3. The highest BCUT2D eigenvalue weighted by atomic mass is 16.5. The Bertz CT molecular complexity index is 668. The van der Waals surface area contributed by atoms with Gasteiger partial charge in [0.2, 0.25) is 11.8 Å². The van der Waals surface area contributed by atoms with E-state index in [0.717, 1.165) is 0 Å². The summed E-state index contributed by atoms with van der Waals surface area (Å²) >= 11 is 0. The van der Waals surface area contributed by atoms with Crippen molar-refractivity contribution in [2.45, 2.75) is 12.5 Å². The fourth-order valence-electron chi connectivity index (χ4n) is 3.20. The molecule has 2 fully saturated rings. The third-order valence-corrected chi connectivity index (χ3v) is 4.72. The highest BCUT2D eigenvalue weighted by Crippen LogP contribution is 2.20. The molecule has 2 saturated heterocycles. The minimum atomic E-state index is -0.378. The summed E-state index contributed by atoms with van der Waals surface area (Å²) in [5.41, 5.74) is 0.592. The van der Waals surface area contributed by atoms with Crippen molar-refractivity contribution in [3.8, 4) is 5.75 Å². The zero-order valence-electron chi connectivity index (χ0n) is 13.9. The van der Waals surface area contributed by atoms with E-state index in [1.165, 1.54) is 11.9 Å². The minimum Gasteiger partial charge on any atom is -0.497 e. The van der Waals surface area contributed by atoms with Crippen molar-refractivity contribution in [3.05, 3.63) is 29.8 Å². The first-order chi connectivity index (χ1) is 11.5. The summed E-state index contributed by atoms with van der Waals surface area (Å²) in [6, 6.07) is 6.71. The van der Waals surface area contributed by atoms with Crippen molar-refractivity contribution in [1.82, 2.24) is 14.7 Å². The topological polar surface area (TPSA) is 70.2 Å². The number of carbonyl (C=O) groups is 3. The molecule has 3 amide bonds. The monoisotopic (exact) mass is 331 g/mol. The summed E-state index contributed by atoms with van der Waals surface area (Å²) in [7, 11) is 3.09. The summed E-state index contributed by atoms with van der Waals surface area (Å²) in [4.78, 5) is 41.3. The van der Waals surface area contributed by atoms with E-state index in [1.54, 1.807) is 36.3 Å². The molecule has 2 aliphatic heterocycles. The van der Waals surface area contributed by atoms with Gasteiger partial charge in [-0.2, -0.15) is 0 Å². The number of piperazine rings is 1. The Labute approximate surface area is 140 Å². The number of nitrogens with zero attached hydrogens (tertiary/aromatic N) is 3. The van der Waals surface area contributed by atoms with Gasteiger partial charge in [0, 0.05) is 38.8 Å². The molecule has 128 valence electrons. The van der Waals surface area contributed by atoms with Crippen LogP contribution in [0.4, 0.5) is 0 Å². The maximum Gasteiger partial charge on any atom is 0.254 e. The quantitative estimate of drug-likeness (QED) is 0.741. The van der Waals surface area contributed by atoms with Crippen molar-refractivity contribution < 1.29 is 19.1 Å². The van der Waals surface area contributed by atoms with Crippen molar-refractivity contribution in [3.63, 3.8) is 0 Å². The summed E-state index contributed by atoms with van der Waals surface area (Å²) < 4.78 is 5.16. The molecular formula is C17H21N3O4. The molecule has 1 unspecified atom stereocenters. The first kappa shape index (κ1) is 16.4. The van der Waals surface area contributed by atoms with Gasteiger partial charge >= 0.3 is 0 Å². The molecule has 0 saturated carbocycles. The van der Waals surface area contributed by atoms with Crippen LogP contribution in [-0.2, 0) is 9.59 Å². The second kappa shape index (κ2) is 6.60. The van der Waals surface area contributed by atoms with Crippen LogP contribution in [0.1, 0.15) is 16.8 Å². The lowest BCUT2D eigenvalue weighted by Gasteiger charge is -2.37. The van der Waals surface area contributed by atoms with E-state index in [0.29, 0.717) is 37.5 Å². The number of likely N-dealkylation sites (N-methyl/N-ethyl adjacent to an activating group) is 1. The molecule has 2 aliphatic rings. The lowest BCUT2D eigenvalue weighted by atomic mass is 10.1. The number of imide groups is 1. The van der Waals surface area contributed by atoms with Crippen LogP contribution >= 0.6 is 0 Å². The number of likely N-dealkylation sites (tertiary alicyclic amines) is 1. The Hall–Kier alpha value is -2.41. The molecular weight excluding hydrogens is 310 g/mol. The average molecular weight is 331 g/mol. The largest absolute Gasteiger partial charge is 0.497 e. The Morgan fingerprint density at radius 1 is 1.17 bits per heavy atom. The van der Waals surface area contributed by atoms with Gasteiger partial charge in [0.1, 0.15) is 5.75 Å². The average Bonchev–Trinajstić information content (AvgIpc) is 2.88. The van der Waals surface area contributed by atoms with Gasteiger partial charge in [0.05, 0.1) is 19.6 Å². The Morgan fingerprint density at radius 2 is 1.88 bits per heavy atom. The van der Waals surface area contributed by atoms with Gasteiger partial charge in [-0.15, -0.1) is 0 Å². The first-order valence-corrected chi connectivity index (χ1v) is 7.99. The smallest absolute Gasteiger partial charge is 0.254 e. The number of ether oxygens (including phenoxy) is 1. The van der Waals surface area contributed by atoms with Gasteiger partial charge in [0.15, 0.2) is 0 Å². The summed E-state index contributed by atoms with van der Waals surface area (Å²) in [5.74, 6) is 0.324. The van der Waals surface area contributed by atoms with Crippen LogP contribution in [0.5, 0.6) is 5.75 Å². The molecule has 1 aromatic carbocycles. The van der Waals surface area contributed by atoms with E-state index in [4.69, 9.17) is 4.74 Å². The summed E-state index contributed by atoms with van der Waals surface area (Å²) in [6.45, 7) is 2.26. The third-order valence-electron chi connectivity index (χ3n) is 4.72. The van der Waals surface area contributed by atoms with E-state index in [2.05, 4.69) is 0 Å². The van der Waals surface area contributed by atoms with Crippen LogP contribution in [0.3, 0.4) is 0 Å². The van der Waals surface area contributed by atoms with Crippen molar-refractivity contribution in [2.75, 3.05) is 40.3 Å². The number of amides is 3. The molecule has 1 atom stereocenters. The first-order valence-electron chi connectivity index (χ1n) is 7.99. The molecule has 7 nitrogen and oxygen atoms in total. The molecule has 2 heterocycles. The molecule has 0 bridgehead atoms. The normalized spacial score (nSPS) is 22.2. The predicted molar refractivity (Wildman–Crippen MR) is 86.7 cm³/mol. The van der Waals surface area contributed by atoms with E-state index in [9.17, 15) is 14.4 Å². The van der Waals surface area contributed by atoms with E-state index >= 15 is 0 Å². The van der Waals surface area contributed by atoms with Crippen molar-refractivity contribution in [1.29, 1.82) is 0 Å². The van der Waals surface area contributed by atoms with Gasteiger partial charge < -0.3 is 9.64 Å². The highest BCUT2D eigenvalue weighted by Gasteiger charge is 2.40. The van der Waals surface area contributed by atoms with E-state index in [1.807, 2.05) is 4.90 Å². The SMILES string of the molecule is COc1cccc(C(=O)N2CCN(C3CC(=O)N(C)C3=O)CC2)c1. The molecule has 0 spiro atoms. The Morgan fingerprint density at radius 3 is 2.46 bits per heavy atom. The van der Waals surface area contributed by atoms with Crippen LogP contribution in [0.15, 0.2) is 24.3 Å². The van der Waals surface area contributed by atoms with Gasteiger partial charge in [-0.05, 0) is 18.2 Å². The number of carbonyl (C=O) groups excluding carboxylic acids is 3. The van der Waals surface area contributed by atoms with E-state index in [-0.39, 0.29) is 30.2 Å². The van der Waals surface area contributed by atoms with Crippen LogP contribution in [0.25, 0.3) is 0 Å². The number of hydrogen-bond acceptors (Lipinski definition) is 5. The number of benzene rings is 1. The predicted octanol–water partition coefficient (Wildman–Crippen LogP) is 0.210. The van der Waals surface area contributed by atoms with Gasteiger partial charge in [-0.1, -0.05) is 6.07 Å². The van der Waals surface area contributed by atoms with Crippen molar-refractivity contribution in [2.24, 2.45) is 0 Å². The summed E-state index contributed by atoms with van der Waals surface area (Å²) in [6.07, 6.45) is 0.235. The molecule has 0 N–H and O–H groups in total. The zero-order chi connectivity index (χ0) is 17.3. The lowest BCUT2D eigenvalue weighted by Crippen LogP contribution is -2.53. The fraction of sp³-hybridized carbons (Fsp3) is 0.471. The lowest BCUT2D eigenvalue weighted by molar-refractivity contribution is -0.138. The maximum absolute atomic E-state index is 12.6. The number of rotatable bonds is 3. The molecule has 0 aromatic heterocycles. The molecule has 1 aromatic rings. The number of hydrogen-bond donors (Lipinski definition) is 0. The molecule has 3 rings (SSSR count). The maximum atomic E-state index is 12.6. The van der Waals surface area contributed by atoms with Crippen LogP contribution < -0.4 is 4.74 Å². The van der Waals surface area contributed by atoms with Crippen molar-refractivity contribution >= 4 is 17.7 Å².